The van der Waals surface area contributed by atoms with Crippen LogP contribution in [0.1, 0.15) is 31.0 Å². The van der Waals surface area contributed by atoms with Crippen molar-refractivity contribution in [2.45, 2.75) is 32.9 Å². The maximum Gasteiger partial charge on any atom is 0.0542 e. The van der Waals surface area contributed by atoms with Gasteiger partial charge in [0.25, 0.3) is 0 Å². The van der Waals surface area contributed by atoms with Crippen LogP contribution in [0.3, 0.4) is 0 Å². The van der Waals surface area contributed by atoms with Gasteiger partial charge in [-0.25, -0.2) is 0 Å². The molecule has 2 rings (SSSR count). The fourth-order valence-electron chi connectivity index (χ4n) is 1.65. The minimum atomic E-state index is 0.519. The Morgan fingerprint density at radius 2 is 2.33 bits per heavy atom. The summed E-state index contributed by atoms with van der Waals surface area (Å²) in [6.07, 6.45) is 4.56. The monoisotopic (exact) mass is 205 g/mol. The highest BCUT2D eigenvalue weighted by atomic mass is 14.9. The van der Waals surface area contributed by atoms with Crippen molar-refractivity contribution in [1.29, 1.82) is 0 Å². The number of aromatic nitrogens is 1. The van der Waals surface area contributed by atoms with E-state index >= 15 is 0 Å². The second-order valence-electron chi connectivity index (χ2n) is 4.77. The van der Waals surface area contributed by atoms with Crippen LogP contribution >= 0.6 is 0 Å². The standard InChI is InChI=1S/C12H19N3/c1-12(3-4-12)9-14-8-10-2-5-15-11(6-10)7-13/h2,5-6,14H,3-4,7-9,13H2,1H3. The van der Waals surface area contributed by atoms with E-state index in [0.29, 0.717) is 12.0 Å². The van der Waals surface area contributed by atoms with Crippen molar-refractivity contribution in [3.63, 3.8) is 0 Å². The van der Waals surface area contributed by atoms with Crippen LogP contribution in [0.2, 0.25) is 0 Å². The zero-order valence-corrected chi connectivity index (χ0v) is 9.29. The van der Waals surface area contributed by atoms with Gasteiger partial charge in [-0.05, 0) is 36.0 Å². The van der Waals surface area contributed by atoms with Gasteiger partial charge in [0.1, 0.15) is 0 Å². The molecule has 1 aliphatic rings. The van der Waals surface area contributed by atoms with E-state index in [-0.39, 0.29) is 0 Å². The highest BCUT2D eigenvalue weighted by molar-refractivity contribution is 5.16. The predicted molar refractivity (Wildman–Crippen MR) is 61.2 cm³/mol. The summed E-state index contributed by atoms with van der Waals surface area (Å²) in [6, 6.07) is 4.11. The van der Waals surface area contributed by atoms with Gasteiger partial charge in [0.15, 0.2) is 0 Å². The van der Waals surface area contributed by atoms with Gasteiger partial charge in [-0.3, -0.25) is 4.98 Å². The number of nitrogens with two attached hydrogens (primary N) is 1. The summed E-state index contributed by atoms with van der Waals surface area (Å²) in [5.41, 5.74) is 8.35. The average molecular weight is 205 g/mol. The summed E-state index contributed by atoms with van der Waals surface area (Å²) in [5.74, 6) is 0. The minimum absolute atomic E-state index is 0.519. The van der Waals surface area contributed by atoms with Crippen molar-refractivity contribution in [1.82, 2.24) is 10.3 Å². The third kappa shape index (κ3) is 3.01. The van der Waals surface area contributed by atoms with Crippen LogP contribution in [0.15, 0.2) is 18.3 Å². The van der Waals surface area contributed by atoms with E-state index in [1.54, 1.807) is 0 Å². The van der Waals surface area contributed by atoms with Crippen LogP contribution in [0.5, 0.6) is 0 Å². The Morgan fingerprint density at radius 3 is 3.00 bits per heavy atom. The fraction of sp³-hybridized carbons (Fsp3) is 0.583. The van der Waals surface area contributed by atoms with Crippen molar-refractivity contribution in [3.05, 3.63) is 29.6 Å². The molecule has 0 radical (unpaired) electrons. The molecular formula is C12H19N3. The molecule has 0 bridgehead atoms. The second kappa shape index (κ2) is 4.29. The molecule has 1 saturated carbocycles. The Hall–Kier alpha value is -0.930. The van der Waals surface area contributed by atoms with E-state index in [1.165, 1.54) is 18.4 Å². The van der Waals surface area contributed by atoms with Gasteiger partial charge in [0, 0.05) is 25.8 Å². The molecule has 0 spiro atoms. The maximum absolute atomic E-state index is 5.54. The zero-order chi connectivity index (χ0) is 10.7. The smallest absolute Gasteiger partial charge is 0.0542 e. The molecule has 3 N–H and O–H groups in total. The Kier molecular flexibility index (Phi) is 3.03. The molecule has 0 atom stereocenters. The first-order valence-electron chi connectivity index (χ1n) is 5.56. The molecule has 1 heterocycles. The van der Waals surface area contributed by atoms with Gasteiger partial charge in [-0.15, -0.1) is 0 Å². The van der Waals surface area contributed by atoms with Crippen LogP contribution in [-0.2, 0) is 13.1 Å². The first-order valence-corrected chi connectivity index (χ1v) is 5.56. The third-order valence-corrected chi connectivity index (χ3v) is 3.07. The Bertz CT molecular complexity index is 331. The summed E-state index contributed by atoms with van der Waals surface area (Å²) in [7, 11) is 0. The van der Waals surface area contributed by atoms with Crippen LogP contribution in [0, 0.1) is 5.41 Å². The van der Waals surface area contributed by atoms with Gasteiger partial charge in [-0.1, -0.05) is 6.92 Å². The number of rotatable bonds is 5. The number of hydrogen-bond donors (Lipinski definition) is 2. The van der Waals surface area contributed by atoms with Gasteiger partial charge in [0.05, 0.1) is 5.69 Å². The van der Waals surface area contributed by atoms with Crippen molar-refractivity contribution >= 4 is 0 Å². The van der Waals surface area contributed by atoms with Crippen LogP contribution in [0.4, 0.5) is 0 Å². The zero-order valence-electron chi connectivity index (χ0n) is 9.29. The molecule has 0 amide bonds. The van der Waals surface area contributed by atoms with Crippen molar-refractivity contribution in [2.24, 2.45) is 11.1 Å². The number of pyridine rings is 1. The molecule has 1 fully saturated rings. The SMILES string of the molecule is CC1(CNCc2ccnc(CN)c2)CC1. The lowest BCUT2D eigenvalue weighted by molar-refractivity contribution is 0.499. The van der Waals surface area contributed by atoms with Crippen LogP contribution < -0.4 is 11.1 Å². The van der Waals surface area contributed by atoms with E-state index in [9.17, 15) is 0 Å². The van der Waals surface area contributed by atoms with Crippen molar-refractivity contribution < 1.29 is 0 Å². The summed E-state index contributed by atoms with van der Waals surface area (Å²) >= 11 is 0. The lowest BCUT2D eigenvalue weighted by Crippen LogP contribution is -2.21. The highest BCUT2D eigenvalue weighted by Crippen LogP contribution is 2.44. The van der Waals surface area contributed by atoms with Crippen molar-refractivity contribution in [3.8, 4) is 0 Å². The maximum atomic E-state index is 5.54. The molecule has 0 aromatic carbocycles. The van der Waals surface area contributed by atoms with Crippen LogP contribution in [0.25, 0.3) is 0 Å². The summed E-state index contributed by atoms with van der Waals surface area (Å²) in [4.78, 5) is 4.17. The van der Waals surface area contributed by atoms with E-state index in [0.717, 1.165) is 18.8 Å². The minimum Gasteiger partial charge on any atom is -0.325 e. The van der Waals surface area contributed by atoms with E-state index in [2.05, 4.69) is 23.3 Å². The molecule has 0 saturated heterocycles. The average Bonchev–Trinajstić information content (AvgIpc) is 2.97. The van der Waals surface area contributed by atoms with Gasteiger partial charge in [0.2, 0.25) is 0 Å². The molecule has 15 heavy (non-hydrogen) atoms. The second-order valence-corrected chi connectivity index (χ2v) is 4.77. The van der Waals surface area contributed by atoms with Crippen molar-refractivity contribution in [2.75, 3.05) is 6.54 Å². The predicted octanol–water partition coefficient (Wildman–Crippen LogP) is 1.43. The number of nitrogens with one attached hydrogen (secondary N) is 1. The first kappa shape index (κ1) is 10.6. The molecule has 3 heteroatoms. The molecule has 82 valence electrons. The largest absolute Gasteiger partial charge is 0.325 e. The summed E-state index contributed by atoms with van der Waals surface area (Å²) in [5, 5.41) is 3.49. The van der Waals surface area contributed by atoms with Gasteiger partial charge >= 0.3 is 0 Å². The first-order chi connectivity index (χ1) is 7.22. The van der Waals surface area contributed by atoms with Crippen LogP contribution in [-0.4, -0.2) is 11.5 Å². The highest BCUT2D eigenvalue weighted by Gasteiger charge is 2.36. The molecule has 1 aromatic rings. The topological polar surface area (TPSA) is 50.9 Å². The molecule has 0 aliphatic heterocycles. The Labute approximate surface area is 91.1 Å². The molecule has 1 aliphatic carbocycles. The molecule has 1 aromatic heterocycles. The Morgan fingerprint density at radius 1 is 1.53 bits per heavy atom. The lowest BCUT2D eigenvalue weighted by atomic mass is 10.1. The van der Waals surface area contributed by atoms with Gasteiger partial charge in [-0.2, -0.15) is 0 Å². The number of hydrogen-bond acceptors (Lipinski definition) is 3. The quantitative estimate of drug-likeness (QED) is 0.764. The Balaban J connectivity index is 1.82. The summed E-state index contributed by atoms with van der Waals surface area (Å²) in [6.45, 7) is 4.89. The fourth-order valence-corrected chi connectivity index (χ4v) is 1.65. The van der Waals surface area contributed by atoms with E-state index in [4.69, 9.17) is 5.73 Å². The molecular weight excluding hydrogens is 186 g/mol. The van der Waals surface area contributed by atoms with E-state index < -0.39 is 0 Å². The lowest BCUT2D eigenvalue weighted by Gasteiger charge is -2.10. The summed E-state index contributed by atoms with van der Waals surface area (Å²) < 4.78 is 0. The van der Waals surface area contributed by atoms with Gasteiger partial charge < -0.3 is 11.1 Å². The van der Waals surface area contributed by atoms with E-state index in [1.807, 2.05) is 12.3 Å². The normalized spacial score (nSPS) is 17.7. The molecule has 0 unspecified atom stereocenters. The molecule has 3 nitrogen and oxygen atoms in total. The number of nitrogens with zero attached hydrogens (tertiary/aromatic N) is 1. The third-order valence-electron chi connectivity index (χ3n) is 3.07.